The molecule has 0 saturated carbocycles. The Labute approximate surface area is 59.7 Å². The van der Waals surface area contributed by atoms with Crippen LogP contribution >= 0.6 is 0 Å². The molecule has 0 radical (unpaired) electrons. The average molecular weight is 145 g/mol. The van der Waals surface area contributed by atoms with E-state index >= 15 is 0 Å². The van der Waals surface area contributed by atoms with Crippen LogP contribution in [-0.4, -0.2) is 37.3 Å². The summed E-state index contributed by atoms with van der Waals surface area (Å²) < 4.78 is 5.05. The number of morpholine rings is 1. The summed E-state index contributed by atoms with van der Waals surface area (Å²) in [4.78, 5) is 15.2. The van der Waals surface area contributed by atoms with Crippen molar-refractivity contribution in [2.45, 2.75) is 6.92 Å². The lowest BCUT2D eigenvalue weighted by Crippen LogP contribution is -2.37. The Morgan fingerprint density at radius 3 is 2.60 bits per heavy atom. The van der Waals surface area contributed by atoms with E-state index < -0.39 is 0 Å². The molecule has 58 valence electrons. The van der Waals surface area contributed by atoms with Gasteiger partial charge in [-0.2, -0.15) is 0 Å². The van der Waals surface area contributed by atoms with Gasteiger partial charge in [0.1, 0.15) is 0 Å². The molecule has 0 N–H and O–H groups in total. The van der Waals surface area contributed by atoms with Gasteiger partial charge in [0.25, 0.3) is 0 Å². The maximum atomic E-state index is 10.4. The van der Waals surface area contributed by atoms with Crippen LogP contribution in [0, 0.1) is 0 Å². The molecule has 1 rings (SSSR count). The van der Waals surface area contributed by atoms with Crippen LogP contribution in [-0.2, 0) is 14.4 Å². The lowest BCUT2D eigenvalue weighted by Gasteiger charge is -2.24. The SMILES string of the molecule is CC(=O)ON1CCOCC1. The van der Waals surface area contributed by atoms with E-state index in [0.29, 0.717) is 26.3 Å². The minimum Gasteiger partial charge on any atom is -0.379 e. The molecule has 1 aliphatic rings. The Hall–Kier alpha value is -0.610. The molecule has 4 nitrogen and oxygen atoms in total. The molecule has 1 aliphatic heterocycles. The molecule has 4 heteroatoms. The molecule has 0 aromatic rings. The van der Waals surface area contributed by atoms with Gasteiger partial charge < -0.3 is 9.57 Å². The molecule has 0 unspecified atom stereocenters. The van der Waals surface area contributed by atoms with Crippen LogP contribution in [0.15, 0.2) is 0 Å². The summed E-state index contributed by atoms with van der Waals surface area (Å²) >= 11 is 0. The van der Waals surface area contributed by atoms with Crippen LogP contribution in [0.1, 0.15) is 6.92 Å². The maximum absolute atomic E-state index is 10.4. The first-order valence-corrected chi connectivity index (χ1v) is 3.30. The number of ether oxygens (including phenoxy) is 1. The summed E-state index contributed by atoms with van der Waals surface area (Å²) in [5.41, 5.74) is 0. The number of hydroxylamine groups is 2. The minimum absolute atomic E-state index is 0.262. The topological polar surface area (TPSA) is 38.8 Å². The Morgan fingerprint density at radius 1 is 1.50 bits per heavy atom. The highest BCUT2D eigenvalue weighted by atomic mass is 16.7. The van der Waals surface area contributed by atoms with Crippen LogP contribution in [0.25, 0.3) is 0 Å². The van der Waals surface area contributed by atoms with E-state index in [4.69, 9.17) is 9.57 Å². The van der Waals surface area contributed by atoms with Gasteiger partial charge in [0, 0.05) is 6.92 Å². The summed E-state index contributed by atoms with van der Waals surface area (Å²) in [5.74, 6) is -0.262. The number of carbonyl (C=O) groups is 1. The van der Waals surface area contributed by atoms with Crippen LogP contribution in [0.5, 0.6) is 0 Å². The first kappa shape index (κ1) is 7.50. The minimum atomic E-state index is -0.262. The van der Waals surface area contributed by atoms with Gasteiger partial charge in [0.15, 0.2) is 0 Å². The monoisotopic (exact) mass is 145 g/mol. The lowest BCUT2D eigenvalue weighted by molar-refractivity contribution is -0.202. The number of hydrogen-bond donors (Lipinski definition) is 0. The zero-order valence-electron chi connectivity index (χ0n) is 6.00. The van der Waals surface area contributed by atoms with Crippen molar-refractivity contribution in [3.8, 4) is 0 Å². The Morgan fingerprint density at radius 2 is 2.10 bits per heavy atom. The highest BCUT2D eigenvalue weighted by Gasteiger charge is 2.11. The van der Waals surface area contributed by atoms with E-state index in [1.54, 1.807) is 5.06 Å². The Kier molecular flexibility index (Phi) is 2.65. The molecule has 0 bridgehead atoms. The largest absolute Gasteiger partial charge is 0.379 e. The Bertz CT molecular complexity index is 120. The predicted molar refractivity (Wildman–Crippen MR) is 34.2 cm³/mol. The average Bonchev–Trinajstić information content (AvgIpc) is 1.88. The van der Waals surface area contributed by atoms with Gasteiger partial charge >= 0.3 is 5.97 Å². The molecule has 0 aliphatic carbocycles. The van der Waals surface area contributed by atoms with Gasteiger partial charge in [-0.05, 0) is 0 Å². The summed E-state index contributed by atoms with van der Waals surface area (Å²) in [6, 6.07) is 0. The molecule has 10 heavy (non-hydrogen) atoms. The van der Waals surface area contributed by atoms with Gasteiger partial charge in [-0.15, -0.1) is 5.06 Å². The molecule has 0 atom stereocenters. The van der Waals surface area contributed by atoms with E-state index in [0.717, 1.165) is 0 Å². The van der Waals surface area contributed by atoms with E-state index in [2.05, 4.69) is 0 Å². The second-order valence-electron chi connectivity index (χ2n) is 2.12. The van der Waals surface area contributed by atoms with Gasteiger partial charge in [0.2, 0.25) is 0 Å². The van der Waals surface area contributed by atoms with Crippen molar-refractivity contribution in [1.29, 1.82) is 0 Å². The van der Waals surface area contributed by atoms with Crippen molar-refractivity contribution in [3.63, 3.8) is 0 Å². The third-order valence-corrected chi connectivity index (χ3v) is 1.23. The van der Waals surface area contributed by atoms with E-state index in [1.165, 1.54) is 6.92 Å². The molecule has 0 amide bonds. The van der Waals surface area contributed by atoms with Gasteiger partial charge in [-0.25, -0.2) is 0 Å². The normalized spacial score (nSPS) is 20.5. The smallest absolute Gasteiger partial charge is 0.322 e. The summed E-state index contributed by atoms with van der Waals surface area (Å²) in [5, 5.41) is 1.62. The fourth-order valence-corrected chi connectivity index (χ4v) is 0.820. The zero-order valence-corrected chi connectivity index (χ0v) is 6.00. The van der Waals surface area contributed by atoms with Crippen LogP contribution in [0.3, 0.4) is 0 Å². The fourth-order valence-electron chi connectivity index (χ4n) is 0.820. The van der Waals surface area contributed by atoms with Crippen molar-refractivity contribution < 1.29 is 14.4 Å². The van der Waals surface area contributed by atoms with Crippen molar-refractivity contribution >= 4 is 5.97 Å². The molecule has 1 heterocycles. The van der Waals surface area contributed by atoms with Crippen molar-refractivity contribution in [2.75, 3.05) is 26.3 Å². The molecular weight excluding hydrogens is 134 g/mol. The number of nitrogens with zero attached hydrogens (tertiary/aromatic N) is 1. The van der Waals surface area contributed by atoms with Crippen LogP contribution in [0.2, 0.25) is 0 Å². The van der Waals surface area contributed by atoms with Crippen LogP contribution < -0.4 is 0 Å². The third-order valence-electron chi connectivity index (χ3n) is 1.23. The molecule has 1 saturated heterocycles. The zero-order chi connectivity index (χ0) is 7.40. The number of carbonyl (C=O) groups excluding carboxylic acids is 1. The molecule has 1 fully saturated rings. The number of rotatable bonds is 1. The second-order valence-corrected chi connectivity index (χ2v) is 2.12. The van der Waals surface area contributed by atoms with Crippen LogP contribution in [0.4, 0.5) is 0 Å². The van der Waals surface area contributed by atoms with Gasteiger partial charge in [0.05, 0.1) is 26.3 Å². The molecular formula is C6H11NO3. The van der Waals surface area contributed by atoms with E-state index in [1.807, 2.05) is 0 Å². The molecule has 0 spiro atoms. The second kappa shape index (κ2) is 3.53. The van der Waals surface area contributed by atoms with Gasteiger partial charge in [-0.3, -0.25) is 4.79 Å². The third kappa shape index (κ3) is 2.33. The summed E-state index contributed by atoms with van der Waals surface area (Å²) in [7, 11) is 0. The first-order chi connectivity index (χ1) is 4.79. The Balaban J connectivity index is 2.19. The van der Waals surface area contributed by atoms with E-state index in [-0.39, 0.29) is 5.97 Å². The van der Waals surface area contributed by atoms with E-state index in [9.17, 15) is 4.79 Å². The van der Waals surface area contributed by atoms with Gasteiger partial charge in [-0.1, -0.05) is 0 Å². The van der Waals surface area contributed by atoms with Crippen molar-refractivity contribution in [2.24, 2.45) is 0 Å². The fraction of sp³-hybridized carbons (Fsp3) is 0.833. The summed E-state index contributed by atoms with van der Waals surface area (Å²) in [6.45, 7) is 4.05. The number of hydrogen-bond acceptors (Lipinski definition) is 4. The highest BCUT2D eigenvalue weighted by Crippen LogP contribution is 1.96. The lowest BCUT2D eigenvalue weighted by atomic mass is 10.5. The molecule has 0 aromatic carbocycles. The molecule has 0 aromatic heterocycles. The van der Waals surface area contributed by atoms with Crippen molar-refractivity contribution in [1.82, 2.24) is 5.06 Å². The maximum Gasteiger partial charge on any atom is 0.322 e. The first-order valence-electron chi connectivity index (χ1n) is 3.30. The summed E-state index contributed by atoms with van der Waals surface area (Å²) in [6.07, 6.45) is 0. The quantitative estimate of drug-likeness (QED) is 0.512. The highest BCUT2D eigenvalue weighted by molar-refractivity contribution is 5.65. The van der Waals surface area contributed by atoms with Crippen molar-refractivity contribution in [3.05, 3.63) is 0 Å². The standard InChI is InChI=1S/C6H11NO3/c1-6(8)10-7-2-4-9-5-3-7/h2-5H2,1H3. The predicted octanol–water partition coefficient (Wildman–Crippen LogP) is -0.203.